The van der Waals surface area contributed by atoms with Crippen LogP contribution in [0, 0.1) is 17.8 Å². The Morgan fingerprint density at radius 1 is 1.31 bits per heavy atom. The predicted octanol–water partition coefficient (Wildman–Crippen LogP) is 0.916. The molecule has 4 aliphatic heterocycles. The van der Waals surface area contributed by atoms with Crippen LogP contribution in [0.1, 0.15) is 33.6 Å². The zero-order valence-electron chi connectivity index (χ0n) is 21.0. The molecule has 6 atom stereocenters. The fraction of sp³-hybridized carbons (Fsp3) is 0.800. The molecule has 0 saturated carbocycles. The van der Waals surface area contributed by atoms with Crippen LogP contribution in [-0.4, -0.2) is 117 Å². The highest BCUT2D eigenvalue weighted by molar-refractivity contribution is 8.02. The number of likely N-dealkylation sites (tertiary alicyclic amines) is 1. The summed E-state index contributed by atoms with van der Waals surface area (Å²) in [5.41, 5.74) is 0. The number of rotatable bonds is 10. The van der Waals surface area contributed by atoms with Crippen molar-refractivity contribution >= 4 is 29.5 Å². The number of thioether (sulfide) groups is 1. The largest absolute Gasteiger partial charge is 0.481 e. The van der Waals surface area contributed by atoms with Crippen molar-refractivity contribution in [2.24, 2.45) is 17.8 Å². The summed E-state index contributed by atoms with van der Waals surface area (Å²) >= 11 is 1.53. The Bertz CT molecular complexity index is 864. The molecule has 0 radical (unpaired) electrons. The molecular formula is C25H39N3O6S. The number of carbonyl (C=O) groups is 3. The molecule has 10 heteroatoms. The number of morpholine rings is 1. The maximum atomic E-state index is 14.3. The third kappa shape index (κ3) is 4.30. The third-order valence-electron chi connectivity index (χ3n) is 8.48. The van der Waals surface area contributed by atoms with Crippen molar-refractivity contribution in [2.45, 2.75) is 55.2 Å². The molecule has 0 aromatic heterocycles. The summed E-state index contributed by atoms with van der Waals surface area (Å²) < 4.78 is 4.05. The molecular weight excluding hydrogens is 470 g/mol. The number of hydrogen-bond acceptors (Lipinski definition) is 7. The Labute approximate surface area is 211 Å². The first-order valence-electron chi connectivity index (χ1n) is 12.7. The lowest BCUT2D eigenvalue weighted by Gasteiger charge is -2.41. The van der Waals surface area contributed by atoms with Crippen molar-refractivity contribution in [1.29, 1.82) is 0 Å². The summed E-state index contributed by atoms with van der Waals surface area (Å²) in [5.74, 6) is -3.15. The van der Waals surface area contributed by atoms with Crippen molar-refractivity contribution < 1.29 is 29.3 Å². The Morgan fingerprint density at radius 3 is 2.57 bits per heavy atom. The number of aliphatic hydroxyl groups excluding tert-OH is 1. The van der Waals surface area contributed by atoms with E-state index in [9.17, 15) is 24.6 Å². The van der Waals surface area contributed by atoms with Crippen molar-refractivity contribution in [3.8, 4) is 0 Å². The van der Waals surface area contributed by atoms with Crippen LogP contribution >= 0.6 is 11.8 Å². The number of aliphatic hydroxyl groups is 1. The van der Waals surface area contributed by atoms with Gasteiger partial charge in [-0.05, 0) is 25.7 Å². The minimum atomic E-state index is -0.978. The van der Waals surface area contributed by atoms with Crippen LogP contribution in [-0.2, 0) is 19.1 Å². The van der Waals surface area contributed by atoms with Gasteiger partial charge in [0, 0.05) is 37.5 Å². The Kier molecular flexibility index (Phi) is 7.58. The zero-order chi connectivity index (χ0) is 25.5. The van der Waals surface area contributed by atoms with Gasteiger partial charge < -0.3 is 24.7 Å². The molecule has 4 rings (SSSR count). The standard InChI is InChI=1S/C25H39N3O6S/c1-5-8-27(10-9-26-11-13-34-14-12-26)22(31)20-25-7-6-24(4,35-25)19(23(32)33)18(25)21(30)28(20)17(15-29)16(2)3/h5,16-20,29H,1,6-15H2,2-4H3,(H,32,33)/t17-,18-,19+,20?,24-,25?/m0/s1. The van der Waals surface area contributed by atoms with Crippen molar-refractivity contribution in [1.82, 2.24) is 14.7 Å². The lowest BCUT2D eigenvalue weighted by atomic mass is 9.66. The van der Waals surface area contributed by atoms with E-state index >= 15 is 0 Å². The number of hydrogen-bond donors (Lipinski definition) is 2. The van der Waals surface area contributed by atoms with Crippen LogP contribution in [0.15, 0.2) is 12.7 Å². The smallest absolute Gasteiger partial charge is 0.308 e. The van der Waals surface area contributed by atoms with Crippen LogP contribution < -0.4 is 0 Å². The molecule has 4 heterocycles. The van der Waals surface area contributed by atoms with Gasteiger partial charge in [-0.15, -0.1) is 18.3 Å². The van der Waals surface area contributed by atoms with Gasteiger partial charge in [0.1, 0.15) is 6.04 Å². The molecule has 9 nitrogen and oxygen atoms in total. The summed E-state index contributed by atoms with van der Waals surface area (Å²) in [6.45, 7) is 13.8. The number of carboxylic acids is 1. The molecule has 2 unspecified atom stereocenters. The average molecular weight is 510 g/mol. The molecule has 0 aromatic carbocycles. The van der Waals surface area contributed by atoms with Gasteiger partial charge in [-0.3, -0.25) is 19.3 Å². The first-order chi connectivity index (χ1) is 16.6. The first-order valence-corrected chi connectivity index (χ1v) is 13.5. The molecule has 0 aliphatic carbocycles. The van der Waals surface area contributed by atoms with Crippen molar-refractivity contribution in [2.75, 3.05) is 52.5 Å². The predicted molar refractivity (Wildman–Crippen MR) is 133 cm³/mol. The summed E-state index contributed by atoms with van der Waals surface area (Å²) in [6.07, 6.45) is 2.96. The zero-order valence-corrected chi connectivity index (χ0v) is 21.8. The highest BCUT2D eigenvalue weighted by atomic mass is 32.2. The lowest BCUT2D eigenvalue weighted by Crippen LogP contribution is -2.59. The van der Waals surface area contributed by atoms with Gasteiger partial charge >= 0.3 is 5.97 Å². The SMILES string of the molecule is C=CCN(CCN1CCOCC1)C(=O)C1N([C@@H](CO)C(C)C)C(=O)[C@@H]2[C@H](C(=O)O)[C@]3(C)CCC12S3. The summed E-state index contributed by atoms with van der Waals surface area (Å²) in [4.78, 5) is 46.2. The quantitative estimate of drug-likeness (QED) is 0.418. The molecule has 196 valence electrons. The number of aliphatic carboxylic acids is 1. The molecule has 4 fully saturated rings. The fourth-order valence-electron chi connectivity index (χ4n) is 6.70. The highest BCUT2D eigenvalue weighted by Crippen LogP contribution is 2.71. The second-order valence-corrected chi connectivity index (χ2v) is 12.7. The average Bonchev–Trinajstić information content (AvgIpc) is 3.38. The molecule has 1 spiro atoms. The monoisotopic (exact) mass is 509 g/mol. The van der Waals surface area contributed by atoms with E-state index in [2.05, 4.69) is 11.5 Å². The number of ether oxygens (including phenoxy) is 1. The highest BCUT2D eigenvalue weighted by Gasteiger charge is 2.78. The number of nitrogens with zero attached hydrogens (tertiary/aromatic N) is 3. The van der Waals surface area contributed by atoms with Crippen LogP contribution in [0.3, 0.4) is 0 Å². The topological polar surface area (TPSA) is 111 Å². The van der Waals surface area contributed by atoms with Crippen LogP contribution in [0.4, 0.5) is 0 Å². The van der Waals surface area contributed by atoms with E-state index in [0.29, 0.717) is 45.7 Å². The van der Waals surface area contributed by atoms with E-state index in [1.807, 2.05) is 20.8 Å². The number of fused-ring (bicyclic) bond motifs is 1. The second kappa shape index (κ2) is 10.0. The Hall–Kier alpha value is -1.62. The lowest BCUT2D eigenvalue weighted by molar-refractivity contribution is -0.151. The number of carbonyl (C=O) groups excluding carboxylic acids is 2. The van der Waals surface area contributed by atoms with Crippen molar-refractivity contribution in [3.63, 3.8) is 0 Å². The molecule has 4 saturated heterocycles. The van der Waals surface area contributed by atoms with Gasteiger partial charge in [0.15, 0.2) is 0 Å². The molecule has 2 N–H and O–H groups in total. The van der Waals surface area contributed by atoms with E-state index in [4.69, 9.17) is 4.74 Å². The summed E-state index contributed by atoms with van der Waals surface area (Å²) in [7, 11) is 0. The minimum Gasteiger partial charge on any atom is -0.481 e. The molecule has 35 heavy (non-hydrogen) atoms. The molecule has 4 aliphatic rings. The third-order valence-corrected chi connectivity index (χ3v) is 10.5. The normalized spacial score (nSPS) is 35.4. The Balaban J connectivity index is 1.70. The van der Waals surface area contributed by atoms with Crippen LogP contribution in [0.2, 0.25) is 0 Å². The fourth-order valence-corrected chi connectivity index (χ4v) is 9.03. The van der Waals surface area contributed by atoms with Gasteiger partial charge in [-0.25, -0.2) is 0 Å². The van der Waals surface area contributed by atoms with Gasteiger partial charge in [-0.1, -0.05) is 19.9 Å². The molecule has 2 bridgehead atoms. The van der Waals surface area contributed by atoms with E-state index in [1.165, 1.54) is 11.8 Å². The second-order valence-electron chi connectivity index (χ2n) is 10.8. The van der Waals surface area contributed by atoms with Crippen molar-refractivity contribution in [3.05, 3.63) is 12.7 Å². The van der Waals surface area contributed by atoms with Crippen LogP contribution in [0.25, 0.3) is 0 Å². The van der Waals surface area contributed by atoms with Gasteiger partial charge in [0.25, 0.3) is 0 Å². The van der Waals surface area contributed by atoms with Gasteiger partial charge in [-0.2, -0.15) is 0 Å². The summed E-state index contributed by atoms with van der Waals surface area (Å²) in [6, 6.07) is -1.36. The maximum Gasteiger partial charge on any atom is 0.308 e. The summed E-state index contributed by atoms with van der Waals surface area (Å²) in [5, 5.41) is 20.4. The minimum absolute atomic E-state index is 0.0863. The number of amides is 2. The van der Waals surface area contributed by atoms with E-state index in [1.54, 1.807) is 15.9 Å². The van der Waals surface area contributed by atoms with E-state index < -0.39 is 39.4 Å². The Morgan fingerprint density at radius 2 is 2.00 bits per heavy atom. The van der Waals surface area contributed by atoms with E-state index in [0.717, 1.165) is 13.1 Å². The van der Waals surface area contributed by atoms with E-state index in [-0.39, 0.29) is 24.3 Å². The first kappa shape index (κ1) is 26.4. The molecule has 2 amide bonds. The van der Waals surface area contributed by atoms with Gasteiger partial charge in [0.05, 0.1) is 42.4 Å². The maximum absolute atomic E-state index is 14.3. The number of carboxylic acid groups (broad SMARTS) is 1. The molecule has 0 aromatic rings. The van der Waals surface area contributed by atoms with Gasteiger partial charge in [0.2, 0.25) is 11.8 Å². The van der Waals surface area contributed by atoms with Crippen LogP contribution in [0.5, 0.6) is 0 Å².